The summed E-state index contributed by atoms with van der Waals surface area (Å²) in [5.41, 5.74) is 1.23. The van der Waals surface area contributed by atoms with E-state index in [9.17, 15) is 5.11 Å². The Labute approximate surface area is 213 Å². The van der Waals surface area contributed by atoms with Crippen molar-refractivity contribution in [1.82, 2.24) is 0 Å². The molecule has 5 atom stereocenters. The third-order valence-corrected chi connectivity index (χ3v) is 19.0. The van der Waals surface area contributed by atoms with E-state index in [2.05, 4.69) is 86.0 Å². The molecule has 3 nitrogen and oxygen atoms in total. The average molecular weight is 507 g/mol. The van der Waals surface area contributed by atoms with E-state index >= 15 is 0 Å². The average Bonchev–Trinajstić information content (AvgIpc) is 3.40. The minimum absolute atomic E-state index is 0.205. The number of allylic oxidation sites excluding steroid dienone is 1. The highest BCUT2D eigenvalue weighted by Crippen LogP contribution is 2.51. The van der Waals surface area contributed by atoms with Crippen LogP contribution >= 0.6 is 0 Å². The molecule has 3 rings (SSSR count). The topological polar surface area (TPSA) is 38.7 Å². The van der Waals surface area contributed by atoms with E-state index < -0.39 is 16.6 Å². The molecule has 3 aliphatic carbocycles. The summed E-state index contributed by atoms with van der Waals surface area (Å²) in [5, 5.41) is 10.2. The molecular formula is C29H54O3Si2. The molecule has 3 aliphatic rings. The molecule has 0 aromatic carbocycles. The molecule has 0 aromatic heterocycles. The molecule has 0 bridgehead atoms. The third-order valence-electron chi connectivity index (χ3n) is 10.0. The first-order valence-corrected chi connectivity index (χ1v) is 19.7. The molecule has 0 saturated heterocycles. The van der Waals surface area contributed by atoms with Crippen LogP contribution in [0.15, 0.2) is 23.8 Å². The van der Waals surface area contributed by atoms with Gasteiger partial charge >= 0.3 is 0 Å². The summed E-state index contributed by atoms with van der Waals surface area (Å²) in [5.74, 6) is 2.16. The van der Waals surface area contributed by atoms with Gasteiger partial charge in [0, 0.05) is 5.92 Å². The van der Waals surface area contributed by atoms with Crippen molar-refractivity contribution >= 4 is 16.6 Å². The van der Waals surface area contributed by atoms with Gasteiger partial charge in [0.15, 0.2) is 16.6 Å². The summed E-state index contributed by atoms with van der Waals surface area (Å²) in [6.07, 6.45) is 15.2. The molecule has 0 heterocycles. The number of rotatable bonds is 8. The van der Waals surface area contributed by atoms with E-state index in [0.29, 0.717) is 23.7 Å². The fourth-order valence-corrected chi connectivity index (χ4v) is 8.38. The first-order valence-electron chi connectivity index (χ1n) is 13.9. The Balaban J connectivity index is 1.86. The van der Waals surface area contributed by atoms with Gasteiger partial charge < -0.3 is 14.0 Å². The van der Waals surface area contributed by atoms with Gasteiger partial charge in [-0.05, 0) is 85.3 Å². The van der Waals surface area contributed by atoms with Gasteiger partial charge in [0.2, 0.25) is 0 Å². The van der Waals surface area contributed by atoms with E-state index in [0.717, 1.165) is 12.8 Å². The second-order valence-corrected chi connectivity index (χ2v) is 24.0. The van der Waals surface area contributed by atoms with Crippen molar-refractivity contribution in [2.75, 3.05) is 6.61 Å². The van der Waals surface area contributed by atoms with Crippen molar-refractivity contribution in [2.24, 2.45) is 23.7 Å². The van der Waals surface area contributed by atoms with Gasteiger partial charge in [-0.2, -0.15) is 0 Å². The Hall–Kier alpha value is -0.206. The molecule has 1 N–H and O–H groups in total. The van der Waals surface area contributed by atoms with Crippen molar-refractivity contribution in [3.8, 4) is 0 Å². The Morgan fingerprint density at radius 2 is 1.59 bits per heavy atom. The fourth-order valence-electron chi connectivity index (χ4n) is 5.71. The second kappa shape index (κ2) is 10.3. The number of aliphatic hydroxyl groups is 1. The van der Waals surface area contributed by atoms with E-state index in [1.807, 2.05) is 0 Å². The highest BCUT2D eigenvalue weighted by Gasteiger charge is 2.49. The van der Waals surface area contributed by atoms with Gasteiger partial charge in [-0.25, -0.2) is 0 Å². The third kappa shape index (κ3) is 6.19. The first kappa shape index (κ1) is 28.4. The predicted molar refractivity (Wildman–Crippen MR) is 150 cm³/mol. The number of fused-ring (bicyclic) bond motifs is 1. The molecule has 0 aromatic rings. The van der Waals surface area contributed by atoms with Gasteiger partial charge in [-0.3, -0.25) is 0 Å². The maximum Gasteiger partial charge on any atom is 0.192 e. The van der Waals surface area contributed by atoms with Crippen LogP contribution < -0.4 is 0 Å². The van der Waals surface area contributed by atoms with E-state index in [1.165, 1.54) is 31.3 Å². The summed E-state index contributed by atoms with van der Waals surface area (Å²) in [6.45, 7) is 23.8. The maximum atomic E-state index is 9.81. The van der Waals surface area contributed by atoms with Crippen molar-refractivity contribution in [3.63, 3.8) is 0 Å². The summed E-state index contributed by atoms with van der Waals surface area (Å²) in [4.78, 5) is 0. The fraction of sp³-hybridized carbons (Fsp3) is 0.862. The van der Waals surface area contributed by atoms with Crippen molar-refractivity contribution in [3.05, 3.63) is 23.8 Å². The standard InChI is InChI=1S/C29H54O3Si2/c1-28(2,3)33(7,8)31-26(22-13-11-12-14-22)16-15-24-25-18-21(20-30)17-23(25)19-27(24)32-34(9,10)29(4,5)6/h15-17,22-27,30H,11-14,18-20H2,1-10H3/b16-15-/t23-,24-,25-,26+,27+/m0/s1. The Morgan fingerprint density at radius 3 is 2.12 bits per heavy atom. The quantitative estimate of drug-likeness (QED) is 0.267. The zero-order valence-electron chi connectivity index (χ0n) is 23.9. The Bertz CT molecular complexity index is 750. The molecule has 2 fully saturated rings. The lowest BCUT2D eigenvalue weighted by molar-refractivity contribution is 0.142. The molecule has 196 valence electrons. The maximum absolute atomic E-state index is 9.81. The number of hydrogen-bond acceptors (Lipinski definition) is 3. The zero-order valence-corrected chi connectivity index (χ0v) is 25.9. The van der Waals surface area contributed by atoms with Gasteiger partial charge in [-0.15, -0.1) is 0 Å². The molecule has 0 spiro atoms. The predicted octanol–water partition coefficient (Wildman–Crippen LogP) is 8.09. The summed E-state index contributed by atoms with van der Waals surface area (Å²) in [7, 11) is -3.71. The highest BCUT2D eigenvalue weighted by atomic mass is 28.4. The van der Waals surface area contributed by atoms with E-state index in [4.69, 9.17) is 8.85 Å². The largest absolute Gasteiger partial charge is 0.413 e. The number of hydrogen-bond donors (Lipinski definition) is 1. The first-order chi connectivity index (χ1) is 15.6. The van der Waals surface area contributed by atoms with Crippen LogP contribution in [0.2, 0.25) is 36.3 Å². The lowest BCUT2D eigenvalue weighted by Crippen LogP contribution is -2.45. The number of aliphatic hydroxyl groups excluding tert-OH is 1. The molecule has 0 unspecified atom stereocenters. The van der Waals surface area contributed by atoms with Crippen LogP contribution in [0.5, 0.6) is 0 Å². The Morgan fingerprint density at radius 1 is 1.00 bits per heavy atom. The van der Waals surface area contributed by atoms with Gasteiger partial charge in [0.25, 0.3) is 0 Å². The second-order valence-electron chi connectivity index (χ2n) is 14.5. The summed E-state index contributed by atoms with van der Waals surface area (Å²) >= 11 is 0. The van der Waals surface area contributed by atoms with Crippen LogP contribution in [0.1, 0.15) is 80.1 Å². The normalized spacial score (nSPS) is 30.3. The van der Waals surface area contributed by atoms with Gasteiger partial charge in [0.05, 0.1) is 18.8 Å². The van der Waals surface area contributed by atoms with Gasteiger partial charge in [-0.1, -0.05) is 72.6 Å². The molecular weight excluding hydrogens is 452 g/mol. The van der Waals surface area contributed by atoms with Crippen molar-refractivity contribution in [2.45, 2.75) is 129 Å². The zero-order chi connectivity index (χ0) is 25.5. The Kier molecular flexibility index (Phi) is 8.57. The van der Waals surface area contributed by atoms with Crippen LogP contribution in [-0.4, -0.2) is 40.6 Å². The van der Waals surface area contributed by atoms with Crippen LogP contribution in [0.25, 0.3) is 0 Å². The summed E-state index contributed by atoms with van der Waals surface area (Å²) < 4.78 is 14.1. The lowest BCUT2D eigenvalue weighted by Gasteiger charge is -2.41. The lowest BCUT2D eigenvalue weighted by atomic mass is 9.88. The minimum Gasteiger partial charge on any atom is -0.413 e. The van der Waals surface area contributed by atoms with Crippen LogP contribution in [0.4, 0.5) is 0 Å². The summed E-state index contributed by atoms with van der Waals surface area (Å²) in [6, 6.07) is 0. The van der Waals surface area contributed by atoms with Crippen molar-refractivity contribution in [1.29, 1.82) is 0 Å². The smallest absolute Gasteiger partial charge is 0.192 e. The monoisotopic (exact) mass is 506 g/mol. The van der Waals surface area contributed by atoms with Gasteiger partial charge in [0.1, 0.15) is 0 Å². The molecule has 0 amide bonds. The van der Waals surface area contributed by atoms with Crippen LogP contribution in [0, 0.1) is 23.7 Å². The molecule has 0 radical (unpaired) electrons. The van der Waals surface area contributed by atoms with E-state index in [1.54, 1.807) is 0 Å². The van der Waals surface area contributed by atoms with Crippen LogP contribution in [0.3, 0.4) is 0 Å². The van der Waals surface area contributed by atoms with Crippen LogP contribution in [-0.2, 0) is 8.85 Å². The van der Waals surface area contributed by atoms with E-state index in [-0.39, 0.29) is 28.9 Å². The highest BCUT2D eigenvalue weighted by molar-refractivity contribution is 6.74. The molecule has 5 heteroatoms. The molecule has 2 saturated carbocycles. The SMILES string of the molecule is CC(C)(C)[Si](C)(C)O[C@H](/C=C\[C@H]1[C@H]2CC(CO)=C[C@H]2C[C@H]1O[Si](C)(C)C(C)(C)C)C1CCCC1. The van der Waals surface area contributed by atoms with Crippen molar-refractivity contribution < 1.29 is 14.0 Å². The molecule has 34 heavy (non-hydrogen) atoms. The minimum atomic E-state index is -1.86. The molecule has 0 aliphatic heterocycles.